The fourth-order valence-electron chi connectivity index (χ4n) is 1.15. The zero-order valence-electron chi connectivity index (χ0n) is 8.38. The molecule has 0 heterocycles. The van der Waals surface area contributed by atoms with Crippen molar-refractivity contribution in [2.24, 2.45) is 5.73 Å². The SMILES string of the molecule is Cc1ccc(CNCC(C)N)cc1. The molecule has 0 fully saturated rings. The van der Waals surface area contributed by atoms with E-state index < -0.39 is 0 Å². The van der Waals surface area contributed by atoms with E-state index in [1.54, 1.807) is 0 Å². The number of nitrogens with one attached hydrogen (secondary N) is 1. The van der Waals surface area contributed by atoms with E-state index in [1.807, 2.05) is 6.92 Å². The third kappa shape index (κ3) is 4.06. The molecule has 0 aliphatic heterocycles. The van der Waals surface area contributed by atoms with Gasteiger partial charge >= 0.3 is 0 Å². The summed E-state index contributed by atoms with van der Waals surface area (Å²) in [6.07, 6.45) is 0. The molecular weight excluding hydrogens is 160 g/mol. The van der Waals surface area contributed by atoms with Gasteiger partial charge in [-0.25, -0.2) is 0 Å². The van der Waals surface area contributed by atoms with Crippen LogP contribution in [0.25, 0.3) is 0 Å². The number of aryl methyl sites for hydroxylation is 1. The normalized spacial score (nSPS) is 12.8. The van der Waals surface area contributed by atoms with Crippen LogP contribution >= 0.6 is 0 Å². The molecule has 0 saturated heterocycles. The van der Waals surface area contributed by atoms with Crippen LogP contribution in [0.2, 0.25) is 0 Å². The summed E-state index contributed by atoms with van der Waals surface area (Å²) in [5, 5.41) is 3.30. The summed E-state index contributed by atoms with van der Waals surface area (Å²) >= 11 is 0. The zero-order chi connectivity index (χ0) is 9.68. The van der Waals surface area contributed by atoms with E-state index in [0.717, 1.165) is 13.1 Å². The molecule has 72 valence electrons. The monoisotopic (exact) mass is 178 g/mol. The van der Waals surface area contributed by atoms with Gasteiger partial charge in [0.25, 0.3) is 0 Å². The molecule has 1 aromatic carbocycles. The number of rotatable bonds is 4. The van der Waals surface area contributed by atoms with Gasteiger partial charge in [-0.2, -0.15) is 0 Å². The molecule has 0 aliphatic carbocycles. The molecule has 0 amide bonds. The van der Waals surface area contributed by atoms with Gasteiger partial charge < -0.3 is 11.1 Å². The van der Waals surface area contributed by atoms with Crippen molar-refractivity contribution in [2.45, 2.75) is 26.4 Å². The maximum Gasteiger partial charge on any atom is 0.0206 e. The molecule has 0 aromatic heterocycles. The molecule has 0 bridgehead atoms. The Morgan fingerprint density at radius 2 is 1.92 bits per heavy atom. The number of hydrogen-bond acceptors (Lipinski definition) is 2. The van der Waals surface area contributed by atoms with Crippen LogP contribution in [0.4, 0.5) is 0 Å². The molecule has 0 radical (unpaired) electrons. The summed E-state index contributed by atoms with van der Waals surface area (Å²) in [5.74, 6) is 0. The highest BCUT2D eigenvalue weighted by Crippen LogP contribution is 2.01. The molecular formula is C11H18N2. The third-order valence-corrected chi connectivity index (χ3v) is 1.92. The lowest BCUT2D eigenvalue weighted by Crippen LogP contribution is -2.30. The van der Waals surface area contributed by atoms with Crippen LogP contribution in [0.3, 0.4) is 0 Å². The Bertz CT molecular complexity index is 239. The van der Waals surface area contributed by atoms with Crippen LogP contribution in [0.15, 0.2) is 24.3 Å². The summed E-state index contributed by atoms with van der Waals surface area (Å²) in [4.78, 5) is 0. The number of nitrogens with two attached hydrogens (primary N) is 1. The van der Waals surface area contributed by atoms with Crippen LogP contribution in [-0.2, 0) is 6.54 Å². The van der Waals surface area contributed by atoms with E-state index in [-0.39, 0.29) is 6.04 Å². The van der Waals surface area contributed by atoms with Gasteiger partial charge in [-0.15, -0.1) is 0 Å². The lowest BCUT2D eigenvalue weighted by Gasteiger charge is -2.07. The summed E-state index contributed by atoms with van der Waals surface area (Å²) in [7, 11) is 0. The van der Waals surface area contributed by atoms with Crippen molar-refractivity contribution in [1.82, 2.24) is 5.32 Å². The Hall–Kier alpha value is -0.860. The van der Waals surface area contributed by atoms with E-state index in [4.69, 9.17) is 5.73 Å². The van der Waals surface area contributed by atoms with Crippen LogP contribution in [0.5, 0.6) is 0 Å². The first-order chi connectivity index (χ1) is 6.18. The lowest BCUT2D eigenvalue weighted by molar-refractivity contribution is 0.608. The van der Waals surface area contributed by atoms with Crippen molar-refractivity contribution in [3.05, 3.63) is 35.4 Å². The molecule has 1 aromatic rings. The largest absolute Gasteiger partial charge is 0.327 e. The summed E-state index contributed by atoms with van der Waals surface area (Å²) in [6, 6.07) is 8.77. The summed E-state index contributed by atoms with van der Waals surface area (Å²) in [6.45, 7) is 5.87. The Morgan fingerprint density at radius 1 is 1.31 bits per heavy atom. The third-order valence-electron chi connectivity index (χ3n) is 1.92. The van der Waals surface area contributed by atoms with Crippen molar-refractivity contribution in [1.29, 1.82) is 0 Å². The Morgan fingerprint density at radius 3 is 2.46 bits per heavy atom. The number of benzene rings is 1. The van der Waals surface area contributed by atoms with Crippen molar-refractivity contribution >= 4 is 0 Å². The van der Waals surface area contributed by atoms with Crippen molar-refractivity contribution in [3.8, 4) is 0 Å². The average Bonchev–Trinajstić information content (AvgIpc) is 2.08. The van der Waals surface area contributed by atoms with Gasteiger partial charge in [0.2, 0.25) is 0 Å². The predicted molar refractivity (Wildman–Crippen MR) is 56.5 cm³/mol. The standard InChI is InChI=1S/C11H18N2/c1-9-3-5-11(6-4-9)8-13-7-10(2)12/h3-6,10,13H,7-8,12H2,1-2H3. The minimum atomic E-state index is 0.227. The second-order valence-corrected chi connectivity index (χ2v) is 3.59. The fraction of sp³-hybridized carbons (Fsp3) is 0.455. The highest BCUT2D eigenvalue weighted by Gasteiger charge is 1.94. The molecule has 0 saturated carbocycles. The molecule has 13 heavy (non-hydrogen) atoms. The average molecular weight is 178 g/mol. The van der Waals surface area contributed by atoms with Gasteiger partial charge in [0.15, 0.2) is 0 Å². The Kier molecular flexibility index (Phi) is 3.93. The van der Waals surface area contributed by atoms with Crippen LogP contribution in [0, 0.1) is 6.92 Å². The van der Waals surface area contributed by atoms with Gasteiger partial charge in [0, 0.05) is 19.1 Å². The first-order valence-electron chi connectivity index (χ1n) is 4.70. The van der Waals surface area contributed by atoms with Gasteiger partial charge in [0.05, 0.1) is 0 Å². The highest BCUT2D eigenvalue weighted by molar-refractivity contribution is 5.20. The van der Waals surface area contributed by atoms with Crippen LogP contribution < -0.4 is 11.1 Å². The quantitative estimate of drug-likeness (QED) is 0.732. The molecule has 2 nitrogen and oxygen atoms in total. The molecule has 3 N–H and O–H groups in total. The molecule has 2 heteroatoms. The summed E-state index contributed by atoms with van der Waals surface area (Å²) < 4.78 is 0. The Balaban J connectivity index is 2.33. The highest BCUT2D eigenvalue weighted by atomic mass is 14.9. The van der Waals surface area contributed by atoms with E-state index in [2.05, 4.69) is 36.5 Å². The van der Waals surface area contributed by atoms with Crippen molar-refractivity contribution in [3.63, 3.8) is 0 Å². The van der Waals surface area contributed by atoms with Crippen molar-refractivity contribution in [2.75, 3.05) is 6.54 Å². The maximum atomic E-state index is 5.62. The van der Waals surface area contributed by atoms with Crippen LogP contribution in [0.1, 0.15) is 18.1 Å². The van der Waals surface area contributed by atoms with Crippen LogP contribution in [-0.4, -0.2) is 12.6 Å². The minimum absolute atomic E-state index is 0.227. The molecule has 0 spiro atoms. The minimum Gasteiger partial charge on any atom is -0.327 e. The second-order valence-electron chi connectivity index (χ2n) is 3.59. The molecule has 1 atom stereocenters. The summed E-state index contributed by atoms with van der Waals surface area (Å²) in [5.41, 5.74) is 8.23. The van der Waals surface area contributed by atoms with E-state index in [0.29, 0.717) is 0 Å². The zero-order valence-corrected chi connectivity index (χ0v) is 8.38. The molecule has 1 rings (SSSR count). The topological polar surface area (TPSA) is 38.0 Å². The molecule has 0 aliphatic rings. The maximum absolute atomic E-state index is 5.62. The first kappa shape index (κ1) is 10.2. The van der Waals surface area contributed by atoms with Gasteiger partial charge in [-0.3, -0.25) is 0 Å². The second kappa shape index (κ2) is 5.00. The first-order valence-corrected chi connectivity index (χ1v) is 4.70. The van der Waals surface area contributed by atoms with E-state index in [1.165, 1.54) is 11.1 Å². The Labute approximate surface area is 80.1 Å². The fourth-order valence-corrected chi connectivity index (χ4v) is 1.15. The lowest BCUT2D eigenvalue weighted by atomic mass is 10.1. The molecule has 1 unspecified atom stereocenters. The van der Waals surface area contributed by atoms with Gasteiger partial charge in [-0.05, 0) is 19.4 Å². The predicted octanol–water partition coefficient (Wildman–Crippen LogP) is 1.43. The van der Waals surface area contributed by atoms with Gasteiger partial charge in [0.1, 0.15) is 0 Å². The van der Waals surface area contributed by atoms with Crippen molar-refractivity contribution < 1.29 is 0 Å². The van der Waals surface area contributed by atoms with E-state index in [9.17, 15) is 0 Å². The number of hydrogen-bond donors (Lipinski definition) is 2. The van der Waals surface area contributed by atoms with Gasteiger partial charge in [-0.1, -0.05) is 29.8 Å². The van der Waals surface area contributed by atoms with E-state index >= 15 is 0 Å². The smallest absolute Gasteiger partial charge is 0.0206 e.